The maximum absolute atomic E-state index is 12.2. The molecule has 1 aliphatic rings. The van der Waals surface area contributed by atoms with Crippen molar-refractivity contribution in [2.75, 3.05) is 5.75 Å². The van der Waals surface area contributed by atoms with Gasteiger partial charge in [0.25, 0.3) is 0 Å². The summed E-state index contributed by atoms with van der Waals surface area (Å²) in [5, 5.41) is 3.32. The Kier molecular flexibility index (Phi) is 2.98. The van der Waals surface area contributed by atoms with Gasteiger partial charge in [-0.15, -0.1) is 0 Å². The Morgan fingerprint density at radius 3 is 2.95 bits per heavy atom. The lowest BCUT2D eigenvalue weighted by atomic mass is 10.1. The number of fused-ring (bicyclic) bond motifs is 2. The number of benzene rings is 1. The second-order valence-electron chi connectivity index (χ2n) is 5.32. The van der Waals surface area contributed by atoms with Crippen molar-refractivity contribution in [1.82, 2.24) is 20.3 Å². The second-order valence-corrected chi connectivity index (χ2v) is 7.32. The third kappa shape index (κ3) is 2.10. The summed E-state index contributed by atoms with van der Waals surface area (Å²) in [5.41, 5.74) is 3.36. The number of H-pyrrole nitrogens is 1. The minimum atomic E-state index is -3.19. The van der Waals surface area contributed by atoms with Crippen molar-refractivity contribution in [3.63, 3.8) is 0 Å². The van der Waals surface area contributed by atoms with Crippen LogP contribution in [0.4, 0.5) is 0 Å². The van der Waals surface area contributed by atoms with Crippen LogP contribution in [0.5, 0.6) is 0 Å². The molecule has 22 heavy (non-hydrogen) atoms. The molecule has 0 saturated heterocycles. The van der Waals surface area contributed by atoms with Crippen molar-refractivity contribution in [2.24, 2.45) is 0 Å². The summed E-state index contributed by atoms with van der Waals surface area (Å²) in [4.78, 5) is 12.0. The van der Waals surface area contributed by atoms with Crippen molar-refractivity contribution in [1.29, 1.82) is 0 Å². The summed E-state index contributed by atoms with van der Waals surface area (Å²) in [6.07, 6.45) is 5.14. The van der Waals surface area contributed by atoms with E-state index in [1.54, 1.807) is 24.5 Å². The fourth-order valence-corrected chi connectivity index (χ4v) is 4.66. The fraction of sp³-hybridized carbons (Fsp3) is 0.200. The predicted molar refractivity (Wildman–Crippen MR) is 82.0 cm³/mol. The average Bonchev–Trinajstić information content (AvgIpc) is 3.05. The highest BCUT2D eigenvalue weighted by atomic mass is 32.2. The van der Waals surface area contributed by atoms with E-state index in [9.17, 15) is 8.42 Å². The molecule has 7 heteroatoms. The molecule has 1 aromatic carbocycles. The van der Waals surface area contributed by atoms with Gasteiger partial charge in [-0.05, 0) is 11.6 Å². The molecule has 0 saturated carbocycles. The zero-order valence-corrected chi connectivity index (χ0v) is 12.5. The highest BCUT2D eigenvalue weighted by Gasteiger charge is 2.33. The first-order valence-corrected chi connectivity index (χ1v) is 8.62. The van der Waals surface area contributed by atoms with E-state index in [0.29, 0.717) is 11.4 Å². The Morgan fingerprint density at radius 2 is 2.05 bits per heavy atom. The number of aromatic nitrogens is 3. The lowest BCUT2D eigenvalue weighted by Crippen LogP contribution is -2.22. The van der Waals surface area contributed by atoms with Crippen LogP contribution in [0.1, 0.15) is 17.2 Å². The van der Waals surface area contributed by atoms with Crippen molar-refractivity contribution < 1.29 is 8.42 Å². The Hall–Kier alpha value is -2.25. The lowest BCUT2D eigenvalue weighted by Gasteiger charge is -2.11. The standard InChI is InChI=1S/C15H14N4O2S/c20-22(21)9-12(11-3-1-2-4-13(11)22)18-7-10-8-19-15-14(10)16-5-6-17-15/h1-6,8,12,18H,7,9H2,(H,17,19). The maximum Gasteiger partial charge on any atom is 0.180 e. The number of rotatable bonds is 3. The molecular formula is C15H14N4O2S. The zero-order valence-electron chi connectivity index (χ0n) is 11.7. The van der Waals surface area contributed by atoms with Gasteiger partial charge in [-0.1, -0.05) is 18.2 Å². The topological polar surface area (TPSA) is 87.7 Å². The Labute approximate surface area is 127 Å². The highest BCUT2D eigenvalue weighted by Crippen LogP contribution is 2.33. The van der Waals surface area contributed by atoms with Gasteiger partial charge in [0.15, 0.2) is 15.5 Å². The van der Waals surface area contributed by atoms with Gasteiger partial charge in [0.05, 0.1) is 10.6 Å². The van der Waals surface area contributed by atoms with Gasteiger partial charge >= 0.3 is 0 Å². The van der Waals surface area contributed by atoms with Crippen LogP contribution < -0.4 is 5.32 Å². The van der Waals surface area contributed by atoms with E-state index in [1.807, 2.05) is 18.3 Å². The van der Waals surface area contributed by atoms with E-state index in [0.717, 1.165) is 22.3 Å². The third-order valence-corrected chi connectivity index (χ3v) is 5.75. The van der Waals surface area contributed by atoms with E-state index >= 15 is 0 Å². The number of nitrogens with zero attached hydrogens (tertiary/aromatic N) is 2. The molecule has 1 unspecified atom stereocenters. The molecule has 0 fully saturated rings. The summed E-state index contributed by atoms with van der Waals surface area (Å²) >= 11 is 0. The van der Waals surface area contributed by atoms with Crippen LogP contribution in [0.25, 0.3) is 11.2 Å². The summed E-state index contributed by atoms with van der Waals surface area (Å²) in [6, 6.07) is 6.97. The zero-order chi connectivity index (χ0) is 15.2. The van der Waals surface area contributed by atoms with Crippen LogP contribution in [0, 0.1) is 0 Å². The normalized spacial score (nSPS) is 19.4. The van der Waals surface area contributed by atoms with E-state index in [1.165, 1.54) is 0 Å². The Morgan fingerprint density at radius 1 is 1.23 bits per heavy atom. The molecule has 112 valence electrons. The minimum Gasteiger partial charge on any atom is -0.344 e. The summed E-state index contributed by atoms with van der Waals surface area (Å²) in [7, 11) is -3.19. The minimum absolute atomic E-state index is 0.0976. The van der Waals surface area contributed by atoms with E-state index in [2.05, 4.69) is 20.3 Å². The van der Waals surface area contributed by atoms with Crippen LogP contribution in [-0.4, -0.2) is 29.1 Å². The van der Waals surface area contributed by atoms with Crippen LogP contribution >= 0.6 is 0 Å². The van der Waals surface area contributed by atoms with E-state index < -0.39 is 9.84 Å². The van der Waals surface area contributed by atoms with Gasteiger partial charge in [0, 0.05) is 36.7 Å². The largest absolute Gasteiger partial charge is 0.344 e. The van der Waals surface area contributed by atoms with Crippen LogP contribution in [0.15, 0.2) is 47.8 Å². The van der Waals surface area contributed by atoms with Gasteiger partial charge in [0.1, 0.15) is 5.52 Å². The predicted octanol–water partition coefficient (Wildman–Crippen LogP) is 1.58. The van der Waals surface area contributed by atoms with Crippen molar-refractivity contribution in [3.05, 3.63) is 54.0 Å². The number of hydrogen-bond donors (Lipinski definition) is 2. The van der Waals surface area contributed by atoms with E-state index in [-0.39, 0.29) is 11.8 Å². The second kappa shape index (κ2) is 4.89. The Balaban J connectivity index is 1.61. The maximum atomic E-state index is 12.2. The smallest absolute Gasteiger partial charge is 0.180 e. The van der Waals surface area contributed by atoms with Gasteiger partial charge < -0.3 is 10.3 Å². The Bertz CT molecular complexity index is 949. The van der Waals surface area contributed by atoms with Crippen LogP contribution in [-0.2, 0) is 16.4 Å². The molecule has 0 aliphatic carbocycles. The number of sulfone groups is 1. The SMILES string of the molecule is O=S1(=O)CC(NCc2c[nH]c3nccnc23)c2ccccc21. The highest BCUT2D eigenvalue weighted by molar-refractivity contribution is 7.91. The van der Waals surface area contributed by atoms with Gasteiger partial charge in [0.2, 0.25) is 0 Å². The molecule has 1 atom stereocenters. The first kappa shape index (κ1) is 13.4. The molecule has 6 nitrogen and oxygen atoms in total. The monoisotopic (exact) mass is 314 g/mol. The summed E-state index contributed by atoms with van der Waals surface area (Å²) in [6.45, 7) is 0.535. The lowest BCUT2D eigenvalue weighted by molar-refractivity contribution is 0.567. The molecule has 2 N–H and O–H groups in total. The van der Waals surface area contributed by atoms with Crippen molar-refractivity contribution in [2.45, 2.75) is 17.5 Å². The molecule has 3 aromatic rings. The molecule has 2 aromatic heterocycles. The van der Waals surface area contributed by atoms with Gasteiger partial charge in [-0.2, -0.15) is 0 Å². The number of aromatic amines is 1. The molecule has 3 heterocycles. The summed E-state index contributed by atoms with van der Waals surface area (Å²) < 4.78 is 24.3. The average molecular weight is 314 g/mol. The van der Waals surface area contributed by atoms with Gasteiger partial charge in [-0.3, -0.25) is 4.98 Å². The number of nitrogens with one attached hydrogen (secondary N) is 2. The van der Waals surface area contributed by atoms with Crippen LogP contribution in [0.3, 0.4) is 0 Å². The molecule has 0 spiro atoms. The third-order valence-electron chi connectivity index (χ3n) is 3.94. The fourth-order valence-electron chi connectivity index (χ4n) is 2.89. The summed E-state index contributed by atoms with van der Waals surface area (Å²) in [5.74, 6) is 0.0976. The van der Waals surface area contributed by atoms with Crippen molar-refractivity contribution >= 4 is 21.0 Å². The van der Waals surface area contributed by atoms with Crippen LogP contribution in [0.2, 0.25) is 0 Å². The molecule has 0 bridgehead atoms. The number of hydrogen-bond acceptors (Lipinski definition) is 5. The quantitative estimate of drug-likeness (QED) is 0.766. The molecule has 4 rings (SSSR count). The van der Waals surface area contributed by atoms with Crippen molar-refractivity contribution in [3.8, 4) is 0 Å². The molecule has 0 amide bonds. The first-order chi connectivity index (χ1) is 10.6. The first-order valence-electron chi connectivity index (χ1n) is 6.97. The molecular weight excluding hydrogens is 300 g/mol. The molecule has 1 aliphatic heterocycles. The van der Waals surface area contributed by atoms with Gasteiger partial charge in [-0.25, -0.2) is 13.4 Å². The molecule has 0 radical (unpaired) electrons. The van der Waals surface area contributed by atoms with E-state index in [4.69, 9.17) is 0 Å².